The van der Waals surface area contributed by atoms with Crippen molar-refractivity contribution < 1.29 is 10.2 Å². The minimum atomic E-state index is -0.386. The quantitative estimate of drug-likeness (QED) is 0.617. The lowest BCUT2D eigenvalue weighted by Gasteiger charge is -2.35. The zero-order valence-corrected chi connectivity index (χ0v) is 17.7. The predicted molar refractivity (Wildman–Crippen MR) is 116 cm³/mol. The molecule has 2 unspecified atom stereocenters. The third-order valence-corrected chi connectivity index (χ3v) is 5.33. The smallest absolute Gasteiger partial charge is 0.0639 e. The lowest BCUT2D eigenvalue weighted by Crippen LogP contribution is -2.42. The van der Waals surface area contributed by atoms with E-state index in [1.165, 1.54) is 11.1 Å². The number of rotatable bonds is 11. The van der Waals surface area contributed by atoms with Crippen molar-refractivity contribution in [1.82, 2.24) is 9.80 Å². The molecule has 0 spiro atoms. The number of benzene rings is 2. The van der Waals surface area contributed by atoms with Gasteiger partial charge in [0.05, 0.1) is 12.2 Å². The molecule has 28 heavy (non-hydrogen) atoms. The summed E-state index contributed by atoms with van der Waals surface area (Å²) in [5, 5.41) is 20.0. The average Bonchev–Trinajstić information content (AvgIpc) is 2.69. The van der Waals surface area contributed by atoms with Gasteiger partial charge in [0.2, 0.25) is 0 Å². The van der Waals surface area contributed by atoms with E-state index in [9.17, 15) is 10.2 Å². The molecule has 0 amide bonds. The van der Waals surface area contributed by atoms with Gasteiger partial charge in [0.1, 0.15) is 0 Å². The monoisotopic (exact) mass is 384 g/mol. The Kier molecular flexibility index (Phi) is 9.13. The first kappa shape index (κ1) is 22.6. The molecule has 0 aromatic heterocycles. The fourth-order valence-corrected chi connectivity index (χ4v) is 3.71. The number of hydrogen-bond acceptors (Lipinski definition) is 4. The standard InChI is InChI=1S/C24H36N2O2/c1-19(27)17-25(21(3)23-11-7-5-8-12-23)15-16-26(18-20(2)28)22(4)24-13-9-6-10-14-24/h5-14,19-22,27-28H,15-18H2,1-4H3/t19-,20-,21?,22?/m0/s1. The van der Waals surface area contributed by atoms with E-state index in [0.717, 1.165) is 13.1 Å². The molecule has 0 bridgehead atoms. The molecule has 2 rings (SSSR count). The van der Waals surface area contributed by atoms with E-state index in [4.69, 9.17) is 0 Å². The van der Waals surface area contributed by atoms with E-state index < -0.39 is 0 Å². The van der Waals surface area contributed by atoms with Crippen LogP contribution in [0.25, 0.3) is 0 Å². The van der Waals surface area contributed by atoms with E-state index in [2.05, 4.69) is 72.2 Å². The zero-order valence-electron chi connectivity index (χ0n) is 17.7. The SMILES string of the molecule is CC(c1ccccc1)N(CCN(C[C@H](C)O)C(C)c1ccccc1)C[C@H](C)O. The fourth-order valence-electron chi connectivity index (χ4n) is 3.71. The number of aliphatic hydroxyl groups excluding tert-OH is 2. The molecule has 0 fully saturated rings. The fraction of sp³-hybridized carbons (Fsp3) is 0.500. The molecule has 4 heteroatoms. The van der Waals surface area contributed by atoms with Gasteiger partial charge in [-0.3, -0.25) is 9.80 Å². The van der Waals surface area contributed by atoms with Crippen molar-refractivity contribution >= 4 is 0 Å². The summed E-state index contributed by atoms with van der Waals surface area (Å²) in [4.78, 5) is 4.65. The van der Waals surface area contributed by atoms with Gasteiger partial charge in [0.25, 0.3) is 0 Å². The highest BCUT2D eigenvalue weighted by Crippen LogP contribution is 2.23. The summed E-state index contributed by atoms with van der Waals surface area (Å²) >= 11 is 0. The first-order valence-corrected chi connectivity index (χ1v) is 10.3. The highest BCUT2D eigenvalue weighted by atomic mass is 16.3. The Bertz CT molecular complexity index is 601. The van der Waals surface area contributed by atoms with Gasteiger partial charge < -0.3 is 10.2 Å². The topological polar surface area (TPSA) is 46.9 Å². The van der Waals surface area contributed by atoms with Crippen molar-refractivity contribution in [2.45, 2.75) is 52.0 Å². The molecular formula is C24H36N2O2. The van der Waals surface area contributed by atoms with Gasteiger partial charge in [-0.15, -0.1) is 0 Å². The molecule has 0 radical (unpaired) electrons. The van der Waals surface area contributed by atoms with E-state index in [1.807, 2.05) is 26.0 Å². The summed E-state index contributed by atoms with van der Waals surface area (Å²) in [5.41, 5.74) is 2.50. The molecule has 2 aromatic carbocycles. The van der Waals surface area contributed by atoms with Crippen LogP contribution in [0.4, 0.5) is 0 Å². The lowest BCUT2D eigenvalue weighted by molar-refractivity contribution is 0.0664. The molecule has 2 aromatic rings. The summed E-state index contributed by atoms with van der Waals surface area (Å²) in [7, 11) is 0. The molecule has 2 N–H and O–H groups in total. The molecule has 154 valence electrons. The van der Waals surface area contributed by atoms with E-state index >= 15 is 0 Å². The van der Waals surface area contributed by atoms with Crippen molar-refractivity contribution in [3.8, 4) is 0 Å². The first-order chi connectivity index (χ1) is 13.4. The van der Waals surface area contributed by atoms with Crippen LogP contribution in [0.5, 0.6) is 0 Å². The van der Waals surface area contributed by atoms with Gasteiger partial charge in [-0.05, 0) is 38.8 Å². The third-order valence-electron chi connectivity index (χ3n) is 5.33. The van der Waals surface area contributed by atoms with Crippen molar-refractivity contribution in [2.75, 3.05) is 26.2 Å². The van der Waals surface area contributed by atoms with Crippen molar-refractivity contribution in [3.63, 3.8) is 0 Å². The van der Waals surface area contributed by atoms with Crippen LogP contribution in [0.15, 0.2) is 60.7 Å². The largest absolute Gasteiger partial charge is 0.392 e. The molecular weight excluding hydrogens is 348 g/mol. The van der Waals surface area contributed by atoms with Gasteiger partial charge in [-0.2, -0.15) is 0 Å². The maximum atomic E-state index is 10.0. The van der Waals surface area contributed by atoms with Crippen molar-refractivity contribution in [3.05, 3.63) is 71.8 Å². The Morgan fingerprint density at radius 3 is 1.21 bits per heavy atom. The average molecular weight is 385 g/mol. The maximum Gasteiger partial charge on any atom is 0.0639 e. The first-order valence-electron chi connectivity index (χ1n) is 10.3. The second-order valence-electron chi connectivity index (χ2n) is 7.86. The van der Waals surface area contributed by atoms with E-state index in [1.54, 1.807) is 0 Å². The molecule has 4 atom stereocenters. The van der Waals surface area contributed by atoms with Gasteiger partial charge >= 0.3 is 0 Å². The van der Waals surface area contributed by atoms with Crippen molar-refractivity contribution in [2.24, 2.45) is 0 Å². The van der Waals surface area contributed by atoms with Crippen LogP contribution in [0.1, 0.15) is 50.9 Å². The predicted octanol–water partition coefficient (Wildman–Crippen LogP) is 3.87. The third kappa shape index (κ3) is 7.02. The Hall–Kier alpha value is -1.72. The highest BCUT2D eigenvalue weighted by molar-refractivity contribution is 5.19. The van der Waals surface area contributed by atoms with E-state index in [-0.39, 0.29) is 24.3 Å². The van der Waals surface area contributed by atoms with Gasteiger partial charge in [-0.1, -0.05) is 60.7 Å². The molecule has 4 nitrogen and oxygen atoms in total. The Morgan fingerprint density at radius 1 is 0.607 bits per heavy atom. The second-order valence-corrected chi connectivity index (χ2v) is 7.86. The molecule has 0 aliphatic rings. The summed E-state index contributed by atoms with van der Waals surface area (Å²) in [6.07, 6.45) is -0.772. The Balaban J connectivity index is 2.11. The minimum absolute atomic E-state index is 0.219. The maximum absolute atomic E-state index is 10.0. The summed E-state index contributed by atoms with van der Waals surface area (Å²) in [6.45, 7) is 11.0. The Morgan fingerprint density at radius 2 is 0.929 bits per heavy atom. The second kappa shape index (κ2) is 11.3. The summed E-state index contributed by atoms with van der Waals surface area (Å²) < 4.78 is 0. The number of nitrogens with zero attached hydrogens (tertiary/aromatic N) is 2. The molecule has 0 aliphatic heterocycles. The van der Waals surface area contributed by atoms with Crippen LogP contribution in [0.3, 0.4) is 0 Å². The summed E-state index contributed by atoms with van der Waals surface area (Å²) in [5.74, 6) is 0. The van der Waals surface area contributed by atoms with Crippen LogP contribution in [0, 0.1) is 0 Å². The zero-order chi connectivity index (χ0) is 20.5. The number of aliphatic hydroxyl groups is 2. The van der Waals surface area contributed by atoms with Crippen LogP contribution in [0.2, 0.25) is 0 Å². The van der Waals surface area contributed by atoms with Crippen LogP contribution >= 0.6 is 0 Å². The van der Waals surface area contributed by atoms with Gasteiger partial charge in [0, 0.05) is 38.3 Å². The molecule has 0 saturated carbocycles. The molecule has 0 saturated heterocycles. The molecule has 0 heterocycles. The minimum Gasteiger partial charge on any atom is -0.392 e. The summed E-state index contributed by atoms with van der Waals surface area (Å²) in [6, 6.07) is 21.3. The van der Waals surface area contributed by atoms with Crippen LogP contribution in [-0.4, -0.2) is 58.4 Å². The lowest BCUT2D eigenvalue weighted by atomic mass is 10.1. The highest BCUT2D eigenvalue weighted by Gasteiger charge is 2.22. The van der Waals surface area contributed by atoms with Gasteiger partial charge in [0.15, 0.2) is 0 Å². The van der Waals surface area contributed by atoms with Crippen LogP contribution in [-0.2, 0) is 0 Å². The van der Waals surface area contributed by atoms with Gasteiger partial charge in [-0.25, -0.2) is 0 Å². The van der Waals surface area contributed by atoms with Crippen LogP contribution < -0.4 is 0 Å². The Labute approximate surface area is 170 Å². The molecule has 0 aliphatic carbocycles. The van der Waals surface area contributed by atoms with E-state index in [0.29, 0.717) is 13.1 Å². The normalized spacial score (nSPS) is 16.1. The van der Waals surface area contributed by atoms with Crippen molar-refractivity contribution in [1.29, 1.82) is 0 Å². The number of hydrogen-bond donors (Lipinski definition) is 2.